The molecule has 134 valence electrons. The molecule has 1 aliphatic rings. The summed E-state index contributed by atoms with van der Waals surface area (Å²) in [5, 5.41) is 12.4. The van der Waals surface area contributed by atoms with Gasteiger partial charge in [0.05, 0.1) is 5.02 Å². The molecule has 2 aromatic heterocycles. The van der Waals surface area contributed by atoms with Gasteiger partial charge in [-0.2, -0.15) is 9.61 Å². The van der Waals surface area contributed by atoms with Crippen LogP contribution in [0.3, 0.4) is 0 Å². The number of aryl methyl sites for hydroxylation is 1. The normalized spacial score (nSPS) is 14.9. The maximum absolute atomic E-state index is 13.3. The molecule has 1 aliphatic heterocycles. The number of hydrogen-bond acceptors (Lipinski definition) is 5. The maximum atomic E-state index is 13.3. The van der Waals surface area contributed by atoms with Crippen LogP contribution < -0.4 is 4.90 Å². The Morgan fingerprint density at radius 2 is 1.88 bits per heavy atom. The summed E-state index contributed by atoms with van der Waals surface area (Å²) < 4.78 is 14.9. The first-order valence-electron chi connectivity index (χ1n) is 8.21. The number of amides is 1. The number of fused-ring (bicyclic) bond motifs is 1. The van der Waals surface area contributed by atoms with E-state index in [0.717, 1.165) is 5.69 Å². The van der Waals surface area contributed by atoms with Gasteiger partial charge in [-0.3, -0.25) is 4.79 Å². The van der Waals surface area contributed by atoms with Crippen LogP contribution in [0.4, 0.5) is 10.1 Å². The highest BCUT2D eigenvalue weighted by molar-refractivity contribution is 6.31. The number of carbonyl (C=O) groups is 1. The Hall–Kier alpha value is -2.74. The van der Waals surface area contributed by atoms with Crippen molar-refractivity contribution < 1.29 is 9.18 Å². The molecule has 0 atom stereocenters. The monoisotopic (exact) mass is 374 g/mol. The van der Waals surface area contributed by atoms with E-state index in [4.69, 9.17) is 11.6 Å². The van der Waals surface area contributed by atoms with Gasteiger partial charge in [-0.1, -0.05) is 11.6 Å². The fourth-order valence-electron chi connectivity index (χ4n) is 3.02. The molecule has 3 heterocycles. The molecule has 0 aliphatic carbocycles. The van der Waals surface area contributed by atoms with Crippen LogP contribution in [0.15, 0.2) is 30.3 Å². The van der Waals surface area contributed by atoms with Gasteiger partial charge in [0.2, 0.25) is 0 Å². The molecule has 1 amide bonds. The number of halogens is 2. The number of benzene rings is 1. The Morgan fingerprint density at radius 1 is 1.12 bits per heavy atom. The number of piperazine rings is 1. The Balaban J connectivity index is 1.47. The standard InChI is InChI=1S/C17H16ClFN6O/c1-11-20-21-16-5-4-15(22-25(11)16)17(26)24-8-6-23(7-9-24)12-2-3-14(19)13(18)10-12/h2-5,10H,6-9H2,1H3. The fourth-order valence-corrected chi connectivity index (χ4v) is 3.20. The zero-order chi connectivity index (χ0) is 18.3. The van der Waals surface area contributed by atoms with Crippen LogP contribution in [0.1, 0.15) is 16.3 Å². The average Bonchev–Trinajstić information content (AvgIpc) is 3.04. The summed E-state index contributed by atoms with van der Waals surface area (Å²) in [5.74, 6) is 0.0689. The van der Waals surface area contributed by atoms with E-state index in [-0.39, 0.29) is 10.9 Å². The number of nitrogens with zero attached hydrogens (tertiary/aromatic N) is 6. The second kappa shape index (κ2) is 6.53. The molecular formula is C17H16ClFN6O. The molecule has 26 heavy (non-hydrogen) atoms. The molecule has 0 spiro atoms. The lowest BCUT2D eigenvalue weighted by Crippen LogP contribution is -2.49. The van der Waals surface area contributed by atoms with Crippen LogP contribution in [-0.4, -0.2) is 56.8 Å². The first-order valence-corrected chi connectivity index (χ1v) is 8.59. The minimum Gasteiger partial charge on any atom is -0.368 e. The largest absolute Gasteiger partial charge is 0.368 e. The summed E-state index contributed by atoms with van der Waals surface area (Å²) in [6.45, 7) is 4.17. The highest BCUT2D eigenvalue weighted by Gasteiger charge is 2.24. The molecule has 0 unspecified atom stereocenters. The lowest BCUT2D eigenvalue weighted by Gasteiger charge is -2.36. The number of rotatable bonds is 2. The Morgan fingerprint density at radius 3 is 2.62 bits per heavy atom. The molecule has 1 fully saturated rings. The van der Waals surface area contributed by atoms with Crippen LogP contribution >= 0.6 is 11.6 Å². The van der Waals surface area contributed by atoms with Crippen molar-refractivity contribution in [2.45, 2.75) is 6.92 Å². The Kier molecular flexibility index (Phi) is 4.20. The molecule has 0 radical (unpaired) electrons. The van der Waals surface area contributed by atoms with Gasteiger partial charge in [0, 0.05) is 31.9 Å². The van der Waals surface area contributed by atoms with Crippen LogP contribution in [0.2, 0.25) is 5.02 Å². The van der Waals surface area contributed by atoms with Crippen molar-refractivity contribution in [2.75, 3.05) is 31.1 Å². The lowest BCUT2D eigenvalue weighted by atomic mass is 10.2. The SMILES string of the molecule is Cc1nnc2ccc(C(=O)N3CCN(c4ccc(F)c(Cl)c4)CC3)nn12. The predicted octanol–water partition coefficient (Wildman–Crippen LogP) is 2.19. The summed E-state index contributed by atoms with van der Waals surface area (Å²) >= 11 is 5.86. The van der Waals surface area contributed by atoms with E-state index in [9.17, 15) is 9.18 Å². The maximum Gasteiger partial charge on any atom is 0.274 e. The highest BCUT2D eigenvalue weighted by atomic mass is 35.5. The molecule has 9 heteroatoms. The van der Waals surface area contributed by atoms with Crippen LogP contribution in [0.25, 0.3) is 5.65 Å². The molecule has 7 nitrogen and oxygen atoms in total. The molecule has 1 saturated heterocycles. The molecule has 0 saturated carbocycles. The van der Waals surface area contributed by atoms with Gasteiger partial charge in [-0.15, -0.1) is 10.2 Å². The number of carbonyl (C=O) groups excluding carboxylic acids is 1. The van der Waals surface area contributed by atoms with Crippen LogP contribution in [0, 0.1) is 12.7 Å². The lowest BCUT2D eigenvalue weighted by molar-refractivity contribution is 0.0739. The van der Waals surface area contributed by atoms with Crippen LogP contribution in [-0.2, 0) is 0 Å². The van der Waals surface area contributed by atoms with Gasteiger partial charge in [-0.05, 0) is 37.3 Å². The number of anilines is 1. The van der Waals surface area contributed by atoms with E-state index < -0.39 is 5.82 Å². The molecular weight excluding hydrogens is 359 g/mol. The number of hydrogen-bond donors (Lipinski definition) is 0. The fraction of sp³-hybridized carbons (Fsp3) is 0.294. The van der Waals surface area contributed by atoms with Crippen molar-refractivity contribution in [3.05, 3.63) is 52.7 Å². The van der Waals surface area contributed by atoms with Gasteiger partial charge < -0.3 is 9.80 Å². The van der Waals surface area contributed by atoms with Crippen LogP contribution in [0.5, 0.6) is 0 Å². The first-order chi connectivity index (χ1) is 12.5. The number of aromatic nitrogens is 4. The zero-order valence-corrected chi connectivity index (χ0v) is 14.8. The van der Waals surface area contributed by atoms with Gasteiger partial charge >= 0.3 is 0 Å². The minimum absolute atomic E-state index is 0.0998. The Bertz CT molecular complexity index is 983. The summed E-state index contributed by atoms with van der Waals surface area (Å²) in [6, 6.07) is 8.06. The van der Waals surface area contributed by atoms with E-state index in [0.29, 0.717) is 43.3 Å². The van der Waals surface area contributed by atoms with Gasteiger partial charge in [0.15, 0.2) is 11.5 Å². The van der Waals surface area contributed by atoms with Gasteiger partial charge in [0.25, 0.3) is 5.91 Å². The zero-order valence-electron chi connectivity index (χ0n) is 14.1. The van der Waals surface area contributed by atoms with E-state index in [1.807, 2.05) is 0 Å². The molecule has 0 bridgehead atoms. The Labute approximate surface area is 154 Å². The van der Waals surface area contributed by atoms with Crippen molar-refractivity contribution in [2.24, 2.45) is 0 Å². The van der Waals surface area contributed by atoms with E-state index in [1.54, 1.807) is 40.6 Å². The van der Waals surface area contributed by atoms with Crippen molar-refractivity contribution in [3.8, 4) is 0 Å². The van der Waals surface area contributed by atoms with Gasteiger partial charge in [-0.25, -0.2) is 4.39 Å². The highest BCUT2D eigenvalue weighted by Crippen LogP contribution is 2.23. The summed E-state index contributed by atoms with van der Waals surface area (Å²) in [6.07, 6.45) is 0. The summed E-state index contributed by atoms with van der Waals surface area (Å²) in [4.78, 5) is 16.6. The molecule has 4 rings (SSSR count). The van der Waals surface area contributed by atoms with Crippen molar-refractivity contribution in [3.63, 3.8) is 0 Å². The summed E-state index contributed by atoms with van der Waals surface area (Å²) in [5.41, 5.74) is 1.82. The average molecular weight is 375 g/mol. The predicted molar refractivity (Wildman–Crippen MR) is 95.0 cm³/mol. The van der Waals surface area contributed by atoms with E-state index in [1.165, 1.54) is 6.07 Å². The molecule has 3 aromatic rings. The summed E-state index contributed by atoms with van der Waals surface area (Å²) in [7, 11) is 0. The van der Waals surface area contributed by atoms with Crippen molar-refractivity contribution in [1.29, 1.82) is 0 Å². The second-order valence-electron chi connectivity index (χ2n) is 6.11. The third kappa shape index (κ3) is 2.96. The van der Waals surface area contributed by atoms with Gasteiger partial charge in [0.1, 0.15) is 11.5 Å². The van der Waals surface area contributed by atoms with Crippen molar-refractivity contribution in [1.82, 2.24) is 24.7 Å². The minimum atomic E-state index is -0.435. The third-order valence-electron chi connectivity index (χ3n) is 4.47. The third-order valence-corrected chi connectivity index (χ3v) is 4.76. The van der Waals surface area contributed by atoms with E-state index >= 15 is 0 Å². The van der Waals surface area contributed by atoms with Crippen molar-refractivity contribution >= 4 is 28.8 Å². The second-order valence-corrected chi connectivity index (χ2v) is 6.52. The molecule has 1 aromatic carbocycles. The quantitative estimate of drug-likeness (QED) is 0.688. The molecule has 0 N–H and O–H groups in total. The smallest absolute Gasteiger partial charge is 0.274 e. The first kappa shape index (κ1) is 16.7. The van der Waals surface area contributed by atoms with E-state index in [2.05, 4.69) is 20.2 Å². The topological polar surface area (TPSA) is 66.6 Å².